The molecule has 1 N–H and O–H groups in total. The van der Waals surface area contributed by atoms with Gasteiger partial charge in [0, 0.05) is 11.8 Å². The van der Waals surface area contributed by atoms with Crippen LogP contribution in [0, 0.1) is 0 Å². The molecule has 0 aromatic heterocycles. The van der Waals surface area contributed by atoms with Gasteiger partial charge in [-0.25, -0.2) is 0 Å². The lowest BCUT2D eigenvalue weighted by molar-refractivity contribution is -0.153. The third-order valence-electron chi connectivity index (χ3n) is 5.40. The number of hydrogen-bond donors (Lipinski definition) is 1. The van der Waals surface area contributed by atoms with Gasteiger partial charge in [0.15, 0.2) is 17.3 Å². The fourth-order valence-corrected chi connectivity index (χ4v) is 4.12. The molecule has 1 aromatic rings. The lowest BCUT2D eigenvalue weighted by atomic mass is 9.55. The Morgan fingerprint density at radius 2 is 1.90 bits per heavy atom. The fraction of sp³-hybridized carbons (Fsp3) is 0.562. The molecule has 4 rings (SSSR count). The van der Waals surface area contributed by atoms with E-state index in [4.69, 9.17) is 9.47 Å². The van der Waals surface area contributed by atoms with Gasteiger partial charge < -0.3 is 14.6 Å². The van der Waals surface area contributed by atoms with Crippen LogP contribution in [0.15, 0.2) is 12.1 Å². The predicted molar refractivity (Wildman–Crippen MR) is 72.0 cm³/mol. The van der Waals surface area contributed by atoms with E-state index in [2.05, 4.69) is 0 Å². The van der Waals surface area contributed by atoms with Crippen LogP contribution in [0.4, 0.5) is 0 Å². The van der Waals surface area contributed by atoms with Gasteiger partial charge >= 0.3 is 0 Å². The summed E-state index contributed by atoms with van der Waals surface area (Å²) < 4.78 is 10.9. The van der Waals surface area contributed by atoms with Crippen LogP contribution in [0.25, 0.3) is 0 Å². The smallest absolute Gasteiger partial charge is 0.231 e. The number of aryl methyl sites for hydroxylation is 1. The van der Waals surface area contributed by atoms with E-state index in [1.54, 1.807) is 0 Å². The van der Waals surface area contributed by atoms with Gasteiger partial charge in [-0.15, -0.1) is 0 Å². The van der Waals surface area contributed by atoms with Crippen LogP contribution in [0.3, 0.4) is 0 Å². The maximum absolute atomic E-state index is 12.3. The Hall–Kier alpha value is -1.55. The van der Waals surface area contributed by atoms with E-state index in [0.717, 1.165) is 29.9 Å². The molecule has 0 spiro atoms. The fourth-order valence-electron chi connectivity index (χ4n) is 4.12. The highest BCUT2D eigenvalue weighted by molar-refractivity contribution is 5.90. The first-order valence-electron chi connectivity index (χ1n) is 7.23. The van der Waals surface area contributed by atoms with Crippen molar-refractivity contribution in [1.82, 2.24) is 0 Å². The van der Waals surface area contributed by atoms with Crippen LogP contribution in [0.5, 0.6) is 11.5 Å². The van der Waals surface area contributed by atoms with E-state index in [1.807, 2.05) is 19.1 Å². The lowest BCUT2D eigenvalue weighted by Gasteiger charge is -2.51. The first kappa shape index (κ1) is 12.2. The Morgan fingerprint density at radius 3 is 2.70 bits per heavy atom. The summed E-state index contributed by atoms with van der Waals surface area (Å²) in [5.74, 6) is 1.50. The van der Waals surface area contributed by atoms with E-state index >= 15 is 0 Å². The molecular weight excluding hydrogens is 256 g/mol. The third-order valence-corrected chi connectivity index (χ3v) is 5.40. The molecular formula is C16H18O4. The Kier molecular flexibility index (Phi) is 2.29. The highest BCUT2D eigenvalue weighted by atomic mass is 16.7. The zero-order valence-corrected chi connectivity index (χ0v) is 11.6. The topological polar surface area (TPSA) is 55.8 Å². The minimum Gasteiger partial charge on any atom is -0.454 e. The third kappa shape index (κ3) is 1.32. The normalized spacial score (nSPS) is 34.6. The van der Waals surface area contributed by atoms with Gasteiger partial charge in [0.05, 0.1) is 0 Å². The summed E-state index contributed by atoms with van der Waals surface area (Å²) in [6, 6.07) is 3.99. The first-order valence-corrected chi connectivity index (χ1v) is 7.23. The maximum Gasteiger partial charge on any atom is 0.231 e. The van der Waals surface area contributed by atoms with Crippen molar-refractivity contribution in [2.24, 2.45) is 0 Å². The Morgan fingerprint density at radius 1 is 1.15 bits per heavy atom. The molecule has 0 radical (unpaired) electrons. The predicted octanol–water partition coefficient (Wildman–Crippen LogP) is 2.10. The van der Waals surface area contributed by atoms with Crippen molar-refractivity contribution >= 4 is 5.78 Å². The number of carbonyl (C=O) groups is 1. The molecule has 1 fully saturated rings. The molecule has 0 saturated heterocycles. The Labute approximate surface area is 117 Å². The molecule has 1 heterocycles. The summed E-state index contributed by atoms with van der Waals surface area (Å²) in [5.41, 5.74) is 0.516. The van der Waals surface area contributed by atoms with E-state index < -0.39 is 11.0 Å². The molecule has 4 nitrogen and oxygen atoms in total. The molecule has 3 aliphatic rings. The molecule has 1 saturated carbocycles. The zero-order chi connectivity index (χ0) is 14.0. The van der Waals surface area contributed by atoms with Crippen molar-refractivity contribution in [2.45, 2.75) is 50.0 Å². The quantitative estimate of drug-likeness (QED) is 0.787. The number of ether oxygens (including phenoxy) is 2. The second kappa shape index (κ2) is 3.76. The molecule has 0 bridgehead atoms. The van der Waals surface area contributed by atoms with E-state index in [9.17, 15) is 9.90 Å². The summed E-state index contributed by atoms with van der Waals surface area (Å²) in [5, 5.41) is 11.0. The van der Waals surface area contributed by atoms with E-state index in [0.29, 0.717) is 19.3 Å². The molecule has 1 aromatic carbocycles. The summed E-state index contributed by atoms with van der Waals surface area (Å²) in [4.78, 5) is 12.3. The van der Waals surface area contributed by atoms with E-state index in [-0.39, 0.29) is 12.6 Å². The van der Waals surface area contributed by atoms with Crippen LogP contribution in [-0.2, 0) is 16.6 Å². The largest absolute Gasteiger partial charge is 0.454 e. The van der Waals surface area contributed by atoms with Crippen molar-refractivity contribution in [3.63, 3.8) is 0 Å². The maximum atomic E-state index is 12.3. The van der Waals surface area contributed by atoms with Crippen molar-refractivity contribution < 1.29 is 19.4 Å². The van der Waals surface area contributed by atoms with Gasteiger partial charge in [0.25, 0.3) is 0 Å². The molecule has 2 aliphatic carbocycles. The van der Waals surface area contributed by atoms with Gasteiger partial charge in [-0.1, -0.05) is 6.92 Å². The Bertz CT molecular complexity index is 609. The molecule has 4 heteroatoms. The molecule has 2 atom stereocenters. The number of benzene rings is 1. The number of hydrogen-bond acceptors (Lipinski definition) is 4. The number of ketones is 1. The zero-order valence-electron chi connectivity index (χ0n) is 11.6. The van der Waals surface area contributed by atoms with Crippen LogP contribution >= 0.6 is 0 Å². The molecule has 0 unspecified atom stereocenters. The van der Waals surface area contributed by atoms with Gasteiger partial charge in [0.1, 0.15) is 5.60 Å². The number of carbonyl (C=O) groups excluding carboxylic acids is 1. The Balaban J connectivity index is 1.91. The monoisotopic (exact) mass is 274 g/mol. The van der Waals surface area contributed by atoms with Crippen LogP contribution < -0.4 is 9.47 Å². The van der Waals surface area contributed by atoms with Gasteiger partial charge in [-0.2, -0.15) is 0 Å². The van der Waals surface area contributed by atoms with Gasteiger partial charge in [-0.05, 0) is 48.9 Å². The molecule has 106 valence electrons. The number of rotatable bonds is 0. The summed E-state index contributed by atoms with van der Waals surface area (Å²) >= 11 is 0. The summed E-state index contributed by atoms with van der Waals surface area (Å²) in [7, 11) is 0. The van der Waals surface area contributed by atoms with Gasteiger partial charge in [0.2, 0.25) is 6.79 Å². The second-order valence-electron chi connectivity index (χ2n) is 6.33. The summed E-state index contributed by atoms with van der Waals surface area (Å²) in [6.07, 6.45) is 3.39. The number of Topliss-reactive ketones (excluding diaryl/α,β-unsaturated/α-hetero) is 1. The average molecular weight is 274 g/mol. The lowest BCUT2D eigenvalue weighted by Crippen LogP contribution is -2.60. The summed E-state index contributed by atoms with van der Waals surface area (Å²) in [6.45, 7) is 2.27. The minimum atomic E-state index is -1.22. The van der Waals surface area contributed by atoms with Crippen LogP contribution in [-0.4, -0.2) is 23.3 Å². The van der Waals surface area contributed by atoms with Crippen LogP contribution in [0.1, 0.15) is 43.7 Å². The highest BCUT2D eigenvalue weighted by Gasteiger charge is 2.57. The van der Waals surface area contributed by atoms with Gasteiger partial charge in [-0.3, -0.25) is 4.79 Å². The number of fused-ring (bicyclic) bond motifs is 4. The standard InChI is InChI=1S/C16H18O4/c1-15-5-2-3-14(17)16(15,18)6-4-10-7-12-13(8-11(10)15)20-9-19-12/h7-8,18H,2-6,9H2,1H3/t15-,16+/m1/s1. The van der Waals surface area contributed by atoms with Crippen molar-refractivity contribution in [3.05, 3.63) is 23.3 Å². The molecule has 20 heavy (non-hydrogen) atoms. The molecule has 0 amide bonds. The molecule has 1 aliphatic heterocycles. The van der Waals surface area contributed by atoms with Crippen molar-refractivity contribution in [2.75, 3.05) is 6.79 Å². The van der Waals surface area contributed by atoms with Crippen molar-refractivity contribution in [1.29, 1.82) is 0 Å². The minimum absolute atomic E-state index is 0.00503. The first-order chi connectivity index (χ1) is 9.54. The van der Waals surface area contributed by atoms with Crippen LogP contribution in [0.2, 0.25) is 0 Å². The second-order valence-corrected chi connectivity index (χ2v) is 6.33. The van der Waals surface area contributed by atoms with Crippen molar-refractivity contribution in [3.8, 4) is 11.5 Å². The van der Waals surface area contributed by atoms with E-state index in [1.165, 1.54) is 5.56 Å². The SMILES string of the molecule is C[C@]12CCCC(=O)[C@@]1(O)CCc1cc3c(cc12)OCO3. The number of aliphatic hydroxyl groups is 1. The average Bonchev–Trinajstić information content (AvgIpc) is 2.88. The highest BCUT2D eigenvalue weighted by Crippen LogP contribution is 2.53.